The standard InChI is InChI=1S/C31H34F7NO6S/c1-45-17-3-5-20-4-2-6-25(18-20)46(43,44)28(15-16-39(19-28)26(40)21-7-9-22(10-8-21)27(41)42)23-11-13-24(14-12-23)29(32,30(33,34)35)31(36,37)38/h2,4,6,11-14,18,21-22H,3,5,7-10,15-17,19H2,1H3,(H,41,42)/t21-,22-,28?. The van der Waals surface area contributed by atoms with Gasteiger partial charge in [-0.3, -0.25) is 9.59 Å². The Morgan fingerprint density at radius 3 is 2.07 bits per heavy atom. The number of benzene rings is 2. The number of carbonyl (C=O) groups excluding carboxylic acids is 1. The molecule has 2 aliphatic rings. The van der Waals surface area contributed by atoms with Gasteiger partial charge in [0.15, 0.2) is 9.84 Å². The first-order valence-electron chi connectivity index (χ1n) is 14.7. The maximum atomic E-state index is 14.8. The van der Waals surface area contributed by atoms with Crippen molar-refractivity contribution < 1.29 is 58.6 Å². The normalized spacial score (nSPS) is 23.0. The van der Waals surface area contributed by atoms with Crippen LogP contribution in [0.2, 0.25) is 0 Å². The number of amides is 1. The highest BCUT2D eigenvalue weighted by atomic mass is 32.2. The van der Waals surface area contributed by atoms with Crippen LogP contribution in [0.15, 0.2) is 53.4 Å². The van der Waals surface area contributed by atoms with E-state index in [1.807, 2.05) is 0 Å². The molecule has 1 heterocycles. The molecular weight excluding hydrogens is 647 g/mol. The Balaban J connectivity index is 1.75. The van der Waals surface area contributed by atoms with Crippen LogP contribution in [0.4, 0.5) is 30.7 Å². The van der Waals surface area contributed by atoms with Crippen LogP contribution in [0.3, 0.4) is 0 Å². The first kappa shape index (κ1) is 35.7. The molecule has 0 spiro atoms. The lowest BCUT2D eigenvalue weighted by Gasteiger charge is -2.33. The van der Waals surface area contributed by atoms with Crippen LogP contribution in [0.1, 0.15) is 55.2 Å². The van der Waals surface area contributed by atoms with E-state index in [9.17, 15) is 53.8 Å². The molecule has 2 aromatic carbocycles. The number of ether oxygens (including phenoxy) is 1. The van der Waals surface area contributed by atoms with Crippen LogP contribution in [0.25, 0.3) is 0 Å². The molecule has 1 amide bonds. The zero-order valence-electron chi connectivity index (χ0n) is 24.8. The van der Waals surface area contributed by atoms with E-state index in [1.54, 1.807) is 6.07 Å². The van der Waals surface area contributed by atoms with Crippen LogP contribution in [0, 0.1) is 11.8 Å². The van der Waals surface area contributed by atoms with Gasteiger partial charge in [-0.05, 0) is 68.2 Å². The molecule has 1 aliphatic carbocycles. The van der Waals surface area contributed by atoms with E-state index < -0.39 is 68.4 Å². The molecule has 1 saturated carbocycles. The number of hydrogen-bond donors (Lipinski definition) is 1. The summed E-state index contributed by atoms with van der Waals surface area (Å²) < 4.78 is 127. The fourth-order valence-corrected chi connectivity index (χ4v) is 8.58. The van der Waals surface area contributed by atoms with Crippen molar-refractivity contribution in [3.8, 4) is 0 Å². The number of nitrogens with zero attached hydrogens (tertiary/aromatic N) is 1. The summed E-state index contributed by atoms with van der Waals surface area (Å²) in [5, 5.41) is 9.29. The quantitative estimate of drug-likeness (QED) is 0.232. The summed E-state index contributed by atoms with van der Waals surface area (Å²) in [5.74, 6) is -2.57. The molecule has 1 saturated heterocycles. The van der Waals surface area contributed by atoms with Crippen molar-refractivity contribution in [3.63, 3.8) is 0 Å². The monoisotopic (exact) mass is 681 g/mol. The SMILES string of the molecule is COCCCc1cccc(S(=O)(=O)C2(c3ccc(C(F)(C(F)(F)F)C(F)(F)F)cc3)CCN(C(=O)[C@H]3CC[C@H](C(=O)O)CC3)C2)c1. The van der Waals surface area contributed by atoms with Gasteiger partial charge in [0.2, 0.25) is 5.91 Å². The van der Waals surface area contributed by atoms with Crippen molar-refractivity contribution in [2.75, 3.05) is 26.8 Å². The molecular formula is C31H34F7NO6S. The van der Waals surface area contributed by atoms with Gasteiger partial charge in [-0.2, -0.15) is 26.3 Å². The molecule has 4 rings (SSSR count). The van der Waals surface area contributed by atoms with Gasteiger partial charge in [0.05, 0.1) is 10.8 Å². The van der Waals surface area contributed by atoms with Crippen LogP contribution in [-0.4, -0.2) is 69.5 Å². The second-order valence-corrected chi connectivity index (χ2v) is 14.1. The molecule has 1 unspecified atom stereocenters. The molecule has 1 N–H and O–H groups in total. The van der Waals surface area contributed by atoms with Gasteiger partial charge in [0, 0.05) is 38.3 Å². The summed E-state index contributed by atoms with van der Waals surface area (Å²) in [5.41, 5.74) is -7.02. The summed E-state index contributed by atoms with van der Waals surface area (Å²) in [6.07, 6.45) is -10.9. The van der Waals surface area contributed by atoms with Gasteiger partial charge < -0.3 is 14.7 Å². The van der Waals surface area contributed by atoms with Crippen LogP contribution >= 0.6 is 0 Å². The number of aryl methyl sites for hydroxylation is 1. The lowest BCUT2D eigenvalue weighted by atomic mass is 9.81. The molecule has 1 aliphatic heterocycles. The van der Waals surface area contributed by atoms with Gasteiger partial charge in [-0.15, -0.1) is 0 Å². The van der Waals surface area contributed by atoms with Gasteiger partial charge in [0.25, 0.3) is 0 Å². The van der Waals surface area contributed by atoms with Crippen molar-refractivity contribution >= 4 is 21.7 Å². The second-order valence-electron chi connectivity index (χ2n) is 11.9. The van der Waals surface area contributed by atoms with Crippen LogP contribution in [0.5, 0.6) is 0 Å². The summed E-state index contributed by atoms with van der Waals surface area (Å²) in [6, 6.07) is 8.01. The smallest absolute Gasteiger partial charge is 0.435 e. The van der Waals surface area contributed by atoms with Gasteiger partial charge in [-0.25, -0.2) is 12.8 Å². The predicted octanol–water partition coefficient (Wildman–Crippen LogP) is 6.35. The zero-order chi connectivity index (χ0) is 34.1. The third-order valence-corrected chi connectivity index (χ3v) is 11.6. The minimum absolute atomic E-state index is 0.0929. The molecule has 7 nitrogen and oxygen atoms in total. The topological polar surface area (TPSA) is 101 Å². The Morgan fingerprint density at radius 1 is 0.935 bits per heavy atom. The Labute approximate surface area is 261 Å². The number of methoxy groups -OCH3 is 1. The highest BCUT2D eigenvalue weighted by molar-refractivity contribution is 7.92. The minimum Gasteiger partial charge on any atom is -0.481 e. The highest BCUT2D eigenvalue weighted by Gasteiger charge is 2.73. The van der Waals surface area contributed by atoms with Crippen molar-refractivity contribution in [2.45, 2.75) is 72.6 Å². The summed E-state index contributed by atoms with van der Waals surface area (Å²) in [7, 11) is -2.96. The number of rotatable bonds is 10. The number of carboxylic acids is 1. The van der Waals surface area contributed by atoms with Gasteiger partial charge in [-0.1, -0.05) is 36.4 Å². The average molecular weight is 682 g/mol. The Kier molecular flexibility index (Phi) is 10.2. The summed E-state index contributed by atoms with van der Waals surface area (Å²) in [4.78, 5) is 26.0. The van der Waals surface area contributed by atoms with E-state index in [4.69, 9.17) is 4.74 Å². The number of alkyl halides is 7. The molecule has 254 valence electrons. The number of sulfone groups is 1. The third kappa shape index (κ3) is 6.49. The summed E-state index contributed by atoms with van der Waals surface area (Å²) >= 11 is 0. The fraction of sp³-hybridized carbons (Fsp3) is 0.548. The Hall–Kier alpha value is -3.20. The molecule has 0 radical (unpaired) electrons. The van der Waals surface area contributed by atoms with E-state index in [0.717, 1.165) is 12.1 Å². The largest absolute Gasteiger partial charge is 0.481 e. The van der Waals surface area contributed by atoms with Crippen LogP contribution < -0.4 is 0 Å². The van der Waals surface area contributed by atoms with Gasteiger partial charge in [0.1, 0.15) is 4.75 Å². The average Bonchev–Trinajstić information content (AvgIpc) is 3.47. The van der Waals surface area contributed by atoms with Gasteiger partial charge >= 0.3 is 24.0 Å². The lowest BCUT2D eigenvalue weighted by Crippen LogP contribution is -2.50. The molecule has 0 bridgehead atoms. The molecule has 1 atom stereocenters. The molecule has 46 heavy (non-hydrogen) atoms. The number of carbonyl (C=O) groups is 2. The maximum absolute atomic E-state index is 14.8. The van der Waals surface area contributed by atoms with E-state index in [0.29, 0.717) is 25.0 Å². The van der Waals surface area contributed by atoms with Crippen molar-refractivity contribution in [2.24, 2.45) is 11.8 Å². The lowest BCUT2D eigenvalue weighted by molar-refractivity contribution is -0.348. The van der Waals surface area contributed by atoms with E-state index in [1.165, 1.54) is 30.2 Å². The number of likely N-dealkylation sites (tertiary alicyclic amines) is 1. The Bertz CT molecular complexity index is 1510. The van der Waals surface area contributed by atoms with Crippen molar-refractivity contribution in [3.05, 3.63) is 65.2 Å². The fourth-order valence-electron chi connectivity index (χ4n) is 6.43. The van der Waals surface area contributed by atoms with E-state index in [-0.39, 0.29) is 61.2 Å². The number of carboxylic acid groups (broad SMARTS) is 1. The number of hydrogen-bond acceptors (Lipinski definition) is 5. The first-order chi connectivity index (χ1) is 21.4. The highest BCUT2D eigenvalue weighted by Crippen LogP contribution is 2.54. The molecule has 2 aromatic rings. The number of aliphatic carboxylic acids is 1. The third-order valence-electron chi connectivity index (χ3n) is 9.10. The Morgan fingerprint density at radius 2 is 1.52 bits per heavy atom. The van der Waals surface area contributed by atoms with Crippen molar-refractivity contribution in [1.82, 2.24) is 4.90 Å². The van der Waals surface area contributed by atoms with Crippen molar-refractivity contribution in [1.29, 1.82) is 0 Å². The molecule has 15 heteroatoms. The second kappa shape index (κ2) is 13.1. The van der Waals surface area contributed by atoms with E-state index in [2.05, 4.69) is 0 Å². The first-order valence-corrected chi connectivity index (χ1v) is 16.1. The zero-order valence-corrected chi connectivity index (χ0v) is 25.7. The molecule has 2 fully saturated rings. The maximum Gasteiger partial charge on any atom is 0.435 e. The predicted molar refractivity (Wildman–Crippen MR) is 151 cm³/mol. The minimum atomic E-state index is -6.35. The van der Waals surface area contributed by atoms with E-state index >= 15 is 0 Å². The van der Waals surface area contributed by atoms with Crippen LogP contribution in [-0.2, 0) is 41.0 Å². The number of halogens is 7. The molecule has 0 aromatic heterocycles. The summed E-state index contributed by atoms with van der Waals surface area (Å²) in [6.45, 7) is -0.144.